The predicted octanol–water partition coefficient (Wildman–Crippen LogP) is -1.75. The summed E-state index contributed by atoms with van der Waals surface area (Å²) >= 11 is 0. The van der Waals surface area contributed by atoms with Crippen molar-refractivity contribution in [3.05, 3.63) is 42.8 Å². The molecule has 0 unspecified atom stereocenters. The maximum Gasteiger partial charge on any atom is 0.363 e. The van der Waals surface area contributed by atoms with E-state index in [1.807, 2.05) is 10.1 Å². The van der Waals surface area contributed by atoms with Gasteiger partial charge in [-0.3, -0.25) is 19.9 Å². The Morgan fingerprint density at radius 3 is 2.63 bits per heavy atom. The minimum absolute atomic E-state index is 0.504. The Morgan fingerprint density at radius 2 is 2.16 bits per heavy atom. The number of aromatic amines is 2. The van der Waals surface area contributed by atoms with E-state index >= 15 is 0 Å². The van der Waals surface area contributed by atoms with Crippen molar-refractivity contribution in [1.82, 2.24) is 25.0 Å². The molecular formula is C7H4N6O6. The number of nitrogens with zero attached hydrogens (tertiary/aromatic N) is 4. The number of carbonyl (C=O) groups is 1. The molecule has 19 heavy (non-hydrogen) atoms. The molecule has 2 heterocycles. The van der Waals surface area contributed by atoms with Crippen LogP contribution in [0, 0.1) is 10.1 Å². The Hall–Kier alpha value is -3.31. The van der Waals surface area contributed by atoms with Gasteiger partial charge < -0.3 is 5.11 Å². The van der Waals surface area contributed by atoms with Crippen LogP contribution in [0.2, 0.25) is 0 Å². The number of hydrogen-bond donors (Lipinski definition) is 3. The quantitative estimate of drug-likeness (QED) is 0.433. The number of rotatable bonds is 3. The smallest absolute Gasteiger partial charge is 0.363 e. The Morgan fingerprint density at radius 1 is 1.47 bits per heavy atom. The first-order valence-corrected chi connectivity index (χ1v) is 4.57. The molecule has 2 rings (SSSR count). The van der Waals surface area contributed by atoms with Gasteiger partial charge in [0.1, 0.15) is 6.20 Å². The Bertz CT molecular complexity index is 752. The standard InChI is InChI=1S/C7H4N6O6/c14-5-4(9-10-7(17)8-5)12-1-2(13(18)19)3(11-12)6(15)16/h1H,(H,15,16)(H2,8,10,14,17). The summed E-state index contributed by atoms with van der Waals surface area (Å²) in [6.07, 6.45) is 0.708. The summed E-state index contributed by atoms with van der Waals surface area (Å²) in [5, 5.41) is 28.0. The van der Waals surface area contributed by atoms with Gasteiger partial charge in [0.15, 0.2) is 0 Å². The second-order valence-corrected chi connectivity index (χ2v) is 3.20. The van der Waals surface area contributed by atoms with Crippen LogP contribution in [0.4, 0.5) is 5.69 Å². The summed E-state index contributed by atoms with van der Waals surface area (Å²) < 4.78 is 0.594. The normalized spacial score (nSPS) is 10.3. The lowest BCUT2D eigenvalue weighted by Gasteiger charge is -1.95. The monoisotopic (exact) mass is 268 g/mol. The van der Waals surface area contributed by atoms with Gasteiger partial charge >= 0.3 is 17.3 Å². The highest BCUT2D eigenvalue weighted by Gasteiger charge is 2.26. The highest BCUT2D eigenvalue weighted by Crippen LogP contribution is 2.17. The molecule has 0 radical (unpaired) electrons. The molecule has 0 fully saturated rings. The number of hydrogen-bond acceptors (Lipinski definition) is 7. The number of H-pyrrole nitrogens is 2. The van der Waals surface area contributed by atoms with Gasteiger partial charge in [0, 0.05) is 0 Å². The topological polar surface area (TPSA) is 177 Å². The van der Waals surface area contributed by atoms with Crippen molar-refractivity contribution >= 4 is 11.7 Å². The van der Waals surface area contributed by atoms with Crippen molar-refractivity contribution in [1.29, 1.82) is 0 Å². The molecule has 0 aliphatic rings. The number of aromatic nitrogens is 5. The van der Waals surface area contributed by atoms with E-state index < -0.39 is 39.3 Å². The number of carboxylic acids is 1. The van der Waals surface area contributed by atoms with Crippen LogP contribution in [0.25, 0.3) is 5.82 Å². The average Bonchev–Trinajstić information content (AvgIpc) is 2.73. The van der Waals surface area contributed by atoms with Crippen LogP contribution in [0.3, 0.4) is 0 Å². The first kappa shape index (κ1) is 12.2. The third-order valence-electron chi connectivity index (χ3n) is 2.00. The Balaban J connectivity index is 2.67. The highest BCUT2D eigenvalue weighted by molar-refractivity contribution is 5.89. The van der Waals surface area contributed by atoms with Gasteiger partial charge in [-0.1, -0.05) is 0 Å². The van der Waals surface area contributed by atoms with Crippen molar-refractivity contribution in [2.45, 2.75) is 0 Å². The highest BCUT2D eigenvalue weighted by atomic mass is 16.6. The maximum atomic E-state index is 11.4. The van der Waals surface area contributed by atoms with Crippen molar-refractivity contribution in [3.63, 3.8) is 0 Å². The molecule has 0 aliphatic heterocycles. The largest absolute Gasteiger partial charge is 0.476 e. The van der Waals surface area contributed by atoms with Crippen LogP contribution >= 0.6 is 0 Å². The molecule has 0 aliphatic carbocycles. The Kier molecular flexibility index (Phi) is 2.67. The van der Waals surface area contributed by atoms with E-state index in [1.54, 1.807) is 0 Å². The van der Waals surface area contributed by atoms with Crippen molar-refractivity contribution in [2.24, 2.45) is 0 Å². The molecule has 12 heteroatoms. The molecule has 0 bridgehead atoms. The minimum atomic E-state index is -1.63. The lowest BCUT2D eigenvalue weighted by Crippen LogP contribution is -2.28. The van der Waals surface area contributed by atoms with Gasteiger partial charge in [0.25, 0.3) is 5.56 Å². The van der Waals surface area contributed by atoms with Gasteiger partial charge in [-0.2, -0.15) is 5.10 Å². The number of aromatic carboxylic acids is 1. The van der Waals surface area contributed by atoms with E-state index in [1.165, 1.54) is 0 Å². The fourth-order valence-electron chi connectivity index (χ4n) is 1.26. The molecule has 12 nitrogen and oxygen atoms in total. The van der Waals surface area contributed by atoms with Crippen LogP contribution < -0.4 is 11.2 Å². The molecule has 0 atom stereocenters. The SMILES string of the molecule is O=C(O)c1nn(-c2n[nH]c(=O)[nH]c2=O)cc1[N+](=O)[O-]. The number of nitro groups is 1. The Labute approximate surface area is 101 Å². The summed E-state index contributed by atoms with van der Waals surface area (Å²) in [5.74, 6) is -2.14. The minimum Gasteiger partial charge on any atom is -0.476 e. The zero-order valence-electron chi connectivity index (χ0n) is 8.85. The maximum absolute atomic E-state index is 11.4. The summed E-state index contributed by atoms with van der Waals surface area (Å²) in [6, 6.07) is 0. The van der Waals surface area contributed by atoms with E-state index in [9.17, 15) is 24.5 Å². The van der Waals surface area contributed by atoms with E-state index in [-0.39, 0.29) is 0 Å². The summed E-state index contributed by atoms with van der Waals surface area (Å²) in [4.78, 5) is 44.4. The van der Waals surface area contributed by atoms with E-state index in [2.05, 4.69) is 10.2 Å². The van der Waals surface area contributed by atoms with Crippen LogP contribution in [-0.2, 0) is 0 Å². The molecule has 3 N–H and O–H groups in total. The molecule has 0 aromatic carbocycles. The molecule has 2 aromatic heterocycles. The van der Waals surface area contributed by atoms with Crippen LogP contribution in [0.15, 0.2) is 15.8 Å². The third-order valence-corrected chi connectivity index (χ3v) is 2.00. The van der Waals surface area contributed by atoms with Crippen LogP contribution in [0.1, 0.15) is 10.5 Å². The van der Waals surface area contributed by atoms with Crippen molar-refractivity contribution in [2.75, 3.05) is 0 Å². The molecule has 0 spiro atoms. The second-order valence-electron chi connectivity index (χ2n) is 3.20. The summed E-state index contributed by atoms with van der Waals surface area (Å²) in [5.41, 5.74) is -3.51. The predicted molar refractivity (Wildman–Crippen MR) is 56.2 cm³/mol. The molecule has 0 amide bonds. The van der Waals surface area contributed by atoms with E-state index in [0.717, 1.165) is 0 Å². The second kappa shape index (κ2) is 4.17. The van der Waals surface area contributed by atoms with Gasteiger partial charge in [0.2, 0.25) is 11.5 Å². The fourth-order valence-corrected chi connectivity index (χ4v) is 1.26. The van der Waals surface area contributed by atoms with Gasteiger partial charge in [-0.15, -0.1) is 5.10 Å². The molecular weight excluding hydrogens is 264 g/mol. The average molecular weight is 268 g/mol. The van der Waals surface area contributed by atoms with Crippen molar-refractivity contribution < 1.29 is 14.8 Å². The lowest BCUT2D eigenvalue weighted by molar-refractivity contribution is -0.385. The molecule has 0 saturated carbocycles. The molecule has 0 saturated heterocycles. The summed E-state index contributed by atoms with van der Waals surface area (Å²) in [6.45, 7) is 0. The fraction of sp³-hybridized carbons (Fsp3) is 0. The van der Waals surface area contributed by atoms with Gasteiger partial charge in [0.05, 0.1) is 4.92 Å². The lowest BCUT2D eigenvalue weighted by atomic mass is 10.4. The summed E-state index contributed by atoms with van der Waals surface area (Å²) in [7, 11) is 0. The number of carboxylic acid groups (broad SMARTS) is 1. The van der Waals surface area contributed by atoms with E-state index in [0.29, 0.717) is 10.9 Å². The molecule has 98 valence electrons. The molecule has 2 aromatic rings. The first-order chi connectivity index (χ1) is 8.90. The first-order valence-electron chi connectivity index (χ1n) is 4.57. The number of nitrogens with one attached hydrogen (secondary N) is 2. The zero-order chi connectivity index (χ0) is 14.2. The van der Waals surface area contributed by atoms with Gasteiger partial charge in [-0.05, 0) is 0 Å². The van der Waals surface area contributed by atoms with Crippen LogP contribution in [0.5, 0.6) is 0 Å². The van der Waals surface area contributed by atoms with Crippen molar-refractivity contribution in [3.8, 4) is 5.82 Å². The third kappa shape index (κ3) is 2.08. The van der Waals surface area contributed by atoms with E-state index in [4.69, 9.17) is 5.11 Å². The van der Waals surface area contributed by atoms with Gasteiger partial charge in [-0.25, -0.2) is 19.4 Å². The van der Waals surface area contributed by atoms with Crippen LogP contribution in [-0.4, -0.2) is 41.0 Å². The zero-order valence-corrected chi connectivity index (χ0v) is 8.85.